The van der Waals surface area contributed by atoms with Crippen molar-refractivity contribution in [2.45, 2.75) is 31.6 Å². The fourth-order valence-electron chi connectivity index (χ4n) is 0.660. The first-order chi connectivity index (χ1) is 5.84. The highest BCUT2D eigenvalue weighted by molar-refractivity contribution is 7.81. The second kappa shape index (κ2) is 4.69. The van der Waals surface area contributed by atoms with E-state index in [0.29, 0.717) is 0 Å². The first-order valence-electron chi connectivity index (χ1n) is 3.87. The lowest BCUT2D eigenvalue weighted by Gasteiger charge is -2.26. The molecule has 2 atom stereocenters. The molecule has 0 fully saturated rings. The smallest absolute Gasteiger partial charge is 0.322 e. The molecule has 3 N–H and O–H groups in total. The van der Waals surface area contributed by atoms with E-state index in [2.05, 4.69) is 0 Å². The maximum Gasteiger partial charge on any atom is 0.322 e. The van der Waals surface area contributed by atoms with Gasteiger partial charge in [-0.05, 0) is 20.8 Å². The van der Waals surface area contributed by atoms with Crippen LogP contribution in [0.4, 0.5) is 0 Å². The topological polar surface area (TPSA) is 89.6 Å². The fourth-order valence-corrected chi connectivity index (χ4v) is 1.49. The van der Waals surface area contributed by atoms with Crippen molar-refractivity contribution in [1.82, 2.24) is 0 Å². The standard InChI is InChI=1S/C7H15NO4S/c1-4-12-13(11)7(2,3)5(8)6(9)10/h5H,4,8H2,1-3H3,(H,9,10). The van der Waals surface area contributed by atoms with E-state index in [1.807, 2.05) is 0 Å². The average Bonchev–Trinajstić information content (AvgIpc) is 2.03. The molecule has 0 aromatic rings. The lowest BCUT2D eigenvalue weighted by Crippen LogP contribution is -2.51. The number of carboxylic acid groups (broad SMARTS) is 1. The van der Waals surface area contributed by atoms with E-state index in [9.17, 15) is 9.00 Å². The number of carboxylic acids is 1. The molecule has 0 rings (SSSR count). The minimum absolute atomic E-state index is 0.266. The Balaban J connectivity index is 4.54. The molecule has 0 bridgehead atoms. The summed E-state index contributed by atoms with van der Waals surface area (Å²) >= 11 is -1.69. The van der Waals surface area contributed by atoms with Gasteiger partial charge in [0.25, 0.3) is 0 Å². The third-order valence-corrected chi connectivity index (χ3v) is 3.23. The summed E-state index contributed by atoms with van der Waals surface area (Å²) in [5.41, 5.74) is 5.35. The molecule has 0 amide bonds. The van der Waals surface area contributed by atoms with E-state index in [-0.39, 0.29) is 6.61 Å². The van der Waals surface area contributed by atoms with Crippen LogP contribution in [0.15, 0.2) is 0 Å². The predicted octanol–water partition coefficient (Wildman–Crippen LogP) is -0.123. The largest absolute Gasteiger partial charge is 0.480 e. The minimum Gasteiger partial charge on any atom is -0.480 e. The summed E-state index contributed by atoms with van der Waals surface area (Å²) in [6, 6.07) is -1.19. The van der Waals surface area contributed by atoms with Crippen molar-refractivity contribution in [2.75, 3.05) is 6.61 Å². The van der Waals surface area contributed by atoms with Gasteiger partial charge in [0.2, 0.25) is 0 Å². The summed E-state index contributed by atoms with van der Waals surface area (Å²) < 4.78 is 15.1. The molecule has 0 aromatic carbocycles. The Bertz CT molecular complexity index is 217. The van der Waals surface area contributed by atoms with E-state index < -0.39 is 27.8 Å². The molecule has 0 spiro atoms. The highest BCUT2D eigenvalue weighted by Crippen LogP contribution is 2.17. The van der Waals surface area contributed by atoms with Crippen LogP contribution in [0.3, 0.4) is 0 Å². The molecular weight excluding hydrogens is 194 g/mol. The van der Waals surface area contributed by atoms with Crippen LogP contribution in [0, 0.1) is 0 Å². The van der Waals surface area contributed by atoms with E-state index >= 15 is 0 Å². The van der Waals surface area contributed by atoms with Crippen molar-refractivity contribution in [3.8, 4) is 0 Å². The zero-order valence-corrected chi connectivity index (χ0v) is 8.76. The van der Waals surface area contributed by atoms with Crippen LogP contribution in [-0.4, -0.2) is 32.7 Å². The first kappa shape index (κ1) is 12.5. The molecule has 0 aliphatic rings. The average molecular weight is 209 g/mol. The normalized spacial score (nSPS) is 16.6. The number of hydrogen-bond donors (Lipinski definition) is 2. The second-order valence-corrected chi connectivity index (χ2v) is 4.82. The molecule has 13 heavy (non-hydrogen) atoms. The van der Waals surface area contributed by atoms with Crippen molar-refractivity contribution in [2.24, 2.45) is 5.73 Å². The Morgan fingerprint density at radius 2 is 2.15 bits per heavy atom. The summed E-state index contributed by atoms with van der Waals surface area (Å²) in [5.74, 6) is -1.18. The lowest BCUT2D eigenvalue weighted by atomic mass is 10.1. The Morgan fingerprint density at radius 1 is 1.69 bits per heavy atom. The maximum atomic E-state index is 11.4. The monoisotopic (exact) mass is 209 g/mol. The van der Waals surface area contributed by atoms with Crippen molar-refractivity contribution < 1.29 is 18.3 Å². The van der Waals surface area contributed by atoms with E-state index in [1.54, 1.807) is 6.92 Å². The molecule has 0 saturated carbocycles. The highest BCUT2D eigenvalue weighted by atomic mass is 32.2. The van der Waals surface area contributed by atoms with Crippen LogP contribution in [0.25, 0.3) is 0 Å². The number of hydrogen-bond acceptors (Lipinski definition) is 4. The van der Waals surface area contributed by atoms with Crippen molar-refractivity contribution in [3.63, 3.8) is 0 Å². The van der Waals surface area contributed by atoms with Gasteiger partial charge in [0.15, 0.2) is 11.1 Å². The number of rotatable bonds is 5. The van der Waals surface area contributed by atoms with Gasteiger partial charge >= 0.3 is 5.97 Å². The molecule has 0 aliphatic heterocycles. The number of aliphatic carboxylic acids is 1. The highest BCUT2D eigenvalue weighted by Gasteiger charge is 2.38. The zero-order chi connectivity index (χ0) is 10.6. The lowest BCUT2D eigenvalue weighted by molar-refractivity contribution is -0.139. The van der Waals surface area contributed by atoms with Gasteiger partial charge in [0.1, 0.15) is 6.04 Å². The van der Waals surface area contributed by atoms with Crippen LogP contribution in [0.5, 0.6) is 0 Å². The summed E-state index contributed by atoms with van der Waals surface area (Å²) in [5, 5.41) is 8.62. The van der Waals surface area contributed by atoms with Gasteiger partial charge in [-0.3, -0.25) is 8.98 Å². The Hall–Kier alpha value is -0.460. The van der Waals surface area contributed by atoms with E-state index in [1.165, 1.54) is 13.8 Å². The van der Waals surface area contributed by atoms with E-state index in [0.717, 1.165) is 0 Å². The van der Waals surface area contributed by atoms with Gasteiger partial charge in [-0.25, -0.2) is 4.21 Å². The van der Waals surface area contributed by atoms with Gasteiger partial charge in [0.05, 0.1) is 11.4 Å². The van der Waals surface area contributed by atoms with Crippen molar-refractivity contribution in [1.29, 1.82) is 0 Å². The third kappa shape index (κ3) is 3.06. The molecule has 0 radical (unpaired) electrons. The Labute approximate surface area is 79.9 Å². The molecule has 78 valence electrons. The first-order valence-corrected chi connectivity index (χ1v) is 4.95. The van der Waals surface area contributed by atoms with Crippen molar-refractivity contribution in [3.05, 3.63) is 0 Å². The molecule has 0 aliphatic carbocycles. The molecule has 5 nitrogen and oxygen atoms in total. The summed E-state index contributed by atoms with van der Waals surface area (Å²) in [6.07, 6.45) is 0. The van der Waals surface area contributed by atoms with Crippen LogP contribution >= 0.6 is 0 Å². The molecule has 0 aromatic heterocycles. The molecule has 0 heterocycles. The molecule has 0 saturated heterocycles. The van der Waals surface area contributed by atoms with Gasteiger partial charge in [0, 0.05) is 0 Å². The Kier molecular flexibility index (Phi) is 4.52. The summed E-state index contributed by atoms with van der Waals surface area (Å²) in [6.45, 7) is 4.94. The maximum absolute atomic E-state index is 11.4. The van der Waals surface area contributed by atoms with Gasteiger partial charge in [-0.2, -0.15) is 0 Å². The predicted molar refractivity (Wildman–Crippen MR) is 49.5 cm³/mol. The van der Waals surface area contributed by atoms with Gasteiger partial charge < -0.3 is 10.8 Å². The molecule has 2 unspecified atom stereocenters. The summed E-state index contributed by atoms with van der Waals surface area (Å²) in [7, 11) is 0. The van der Waals surface area contributed by atoms with Gasteiger partial charge in [-0.1, -0.05) is 0 Å². The van der Waals surface area contributed by atoms with Crippen LogP contribution in [-0.2, 0) is 20.1 Å². The minimum atomic E-state index is -1.69. The summed E-state index contributed by atoms with van der Waals surface area (Å²) in [4.78, 5) is 10.5. The Morgan fingerprint density at radius 3 is 2.46 bits per heavy atom. The molecule has 6 heteroatoms. The third-order valence-electron chi connectivity index (χ3n) is 1.67. The van der Waals surface area contributed by atoms with E-state index in [4.69, 9.17) is 15.0 Å². The van der Waals surface area contributed by atoms with Crippen LogP contribution in [0.1, 0.15) is 20.8 Å². The van der Waals surface area contributed by atoms with Crippen molar-refractivity contribution >= 4 is 17.0 Å². The van der Waals surface area contributed by atoms with Crippen LogP contribution in [0.2, 0.25) is 0 Å². The van der Waals surface area contributed by atoms with Crippen LogP contribution < -0.4 is 5.73 Å². The second-order valence-electron chi connectivity index (χ2n) is 3.06. The van der Waals surface area contributed by atoms with Gasteiger partial charge in [-0.15, -0.1) is 0 Å². The fraction of sp³-hybridized carbons (Fsp3) is 0.857. The molecular formula is C7H15NO4S. The SMILES string of the molecule is CCOS(=O)C(C)(C)C(N)C(=O)O. The number of nitrogens with two attached hydrogens (primary N) is 1. The zero-order valence-electron chi connectivity index (χ0n) is 7.94. The quantitative estimate of drug-likeness (QED) is 0.658. The number of carbonyl (C=O) groups is 1.